The molecule has 0 aliphatic heterocycles. The molecule has 1 N–H and O–H groups in total. The van der Waals surface area contributed by atoms with E-state index in [0.717, 1.165) is 12.5 Å². The Hall–Kier alpha value is -2.77. The maximum absolute atomic E-state index is 12.0. The molecule has 1 atom stereocenters. The number of non-ortho nitro benzene ring substituents is 1. The molecule has 0 unspecified atom stereocenters. The summed E-state index contributed by atoms with van der Waals surface area (Å²) in [6, 6.07) is 5.32. The maximum atomic E-state index is 12.0. The minimum absolute atomic E-state index is 0.115. The molecule has 1 rings (SSSR count). The molecular weight excluding hydrogens is 314 g/mol. The fourth-order valence-electron chi connectivity index (χ4n) is 2.07. The molecular formula is C16H21N3O5. The number of benzene rings is 1. The van der Waals surface area contributed by atoms with E-state index in [1.165, 1.54) is 18.2 Å². The van der Waals surface area contributed by atoms with Crippen LogP contribution in [0.5, 0.6) is 0 Å². The number of hydrogen-bond donors (Lipinski definition) is 1. The third kappa shape index (κ3) is 5.45. The van der Waals surface area contributed by atoms with Gasteiger partial charge in [-0.2, -0.15) is 5.10 Å². The molecule has 0 aliphatic rings. The highest BCUT2D eigenvalue weighted by atomic mass is 16.6. The monoisotopic (exact) mass is 335 g/mol. The standard InChI is InChI=1S/C16H21N3O5/c1-4-7-14(16(21)24-5-2)11(3)17-18-15(20)12-8-6-9-13(10-12)19(22)23/h6,8-10,14H,4-5,7H2,1-3H3,(H,18,20)/b17-11-/t14-/m1/s1. The predicted molar refractivity (Wildman–Crippen MR) is 88.7 cm³/mol. The number of rotatable bonds is 8. The van der Waals surface area contributed by atoms with Gasteiger partial charge >= 0.3 is 5.97 Å². The minimum atomic E-state index is -0.586. The van der Waals surface area contributed by atoms with E-state index in [4.69, 9.17) is 4.74 Å². The van der Waals surface area contributed by atoms with E-state index in [-0.39, 0.29) is 23.8 Å². The number of nitrogens with one attached hydrogen (secondary N) is 1. The van der Waals surface area contributed by atoms with Crippen LogP contribution in [0.1, 0.15) is 44.0 Å². The highest BCUT2D eigenvalue weighted by molar-refractivity contribution is 6.02. The van der Waals surface area contributed by atoms with E-state index in [1.54, 1.807) is 13.8 Å². The van der Waals surface area contributed by atoms with Gasteiger partial charge in [0.05, 0.1) is 17.4 Å². The lowest BCUT2D eigenvalue weighted by molar-refractivity contribution is -0.384. The summed E-state index contributed by atoms with van der Waals surface area (Å²) < 4.78 is 5.00. The Kier molecular flexibility index (Phi) is 7.54. The molecule has 0 saturated carbocycles. The van der Waals surface area contributed by atoms with E-state index in [0.29, 0.717) is 12.1 Å². The van der Waals surface area contributed by atoms with Crippen molar-refractivity contribution in [1.82, 2.24) is 5.43 Å². The van der Waals surface area contributed by atoms with Gasteiger partial charge in [0.2, 0.25) is 0 Å². The lowest BCUT2D eigenvalue weighted by atomic mass is 9.99. The maximum Gasteiger partial charge on any atom is 0.314 e. The number of hydrazone groups is 1. The van der Waals surface area contributed by atoms with Crippen molar-refractivity contribution in [1.29, 1.82) is 0 Å². The van der Waals surface area contributed by atoms with Crippen molar-refractivity contribution in [3.63, 3.8) is 0 Å². The van der Waals surface area contributed by atoms with Crippen LogP contribution in [0.3, 0.4) is 0 Å². The van der Waals surface area contributed by atoms with Gasteiger partial charge in [-0.1, -0.05) is 19.4 Å². The zero-order valence-corrected chi connectivity index (χ0v) is 13.9. The molecule has 24 heavy (non-hydrogen) atoms. The number of esters is 1. The zero-order chi connectivity index (χ0) is 18.1. The second-order valence-corrected chi connectivity index (χ2v) is 5.09. The molecule has 1 amide bonds. The third-order valence-electron chi connectivity index (χ3n) is 3.31. The molecule has 1 aromatic carbocycles. The van der Waals surface area contributed by atoms with Crippen molar-refractivity contribution in [2.75, 3.05) is 6.61 Å². The molecule has 0 aliphatic carbocycles. The molecule has 0 spiro atoms. The van der Waals surface area contributed by atoms with Gasteiger partial charge in [0.15, 0.2) is 0 Å². The summed E-state index contributed by atoms with van der Waals surface area (Å²) in [5.74, 6) is -1.50. The normalized spacial score (nSPS) is 12.4. The summed E-state index contributed by atoms with van der Waals surface area (Å²) in [7, 11) is 0. The number of carbonyl (C=O) groups is 2. The van der Waals surface area contributed by atoms with Gasteiger partial charge in [-0.3, -0.25) is 19.7 Å². The van der Waals surface area contributed by atoms with E-state index in [2.05, 4.69) is 10.5 Å². The van der Waals surface area contributed by atoms with Crippen LogP contribution in [0, 0.1) is 16.0 Å². The van der Waals surface area contributed by atoms with Gasteiger partial charge in [-0.25, -0.2) is 5.43 Å². The zero-order valence-electron chi connectivity index (χ0n) is 13.9. The molecule has 0 aromatic heterocycles. The van der Waals surface area contributed by atoms with Crippen LogP contribution in [0.15, 0.2) is 29.4 Å². The van der Waals surface area contributed by atoms with Crippen molar-refractivity contribution < 1.29 is 19.2 Å². The first-order valence-electron chi connectivity index (χ1n) is 7.66. The SMILES string of the molecule is CCC[C@@H](C(=O)OCC)/C(C)=N\NC(=O)c1cccc([N+](=O)[O-])c1. The van der Waals surface area contributed by atoms with Crippen LogP contribution in [0.25, 0.3) is 0 Å². The van der Waals surface area contributed by atoms with Crippen molar-refractivity contribution in [3.05, 3.63) is 39.9 Å². The first-order valence-corrected chi connectivity index (χ1v) is 7.66. The van der Waals surface area contributed by atoms with Crippen LogP contribution < -0.4 is 5.43 Å². The topological polar surface area (TPSA) is 111 Å². The molecule has 0 radical (unpaired) electrons. The molecule has 0 saturated heterocycles. The molecule has 8 heteroatoms. The Labute approximate surface area is 140 Å². The fourth-order valence-corrected chi connectivity index (χ4v) is 2.07. The lowest BCUT2D eigenvalue weighted by Gasteiger charge is -2.14. The van der Waals surface area contributed by atoms with Gasteiger partial charge in [-0.15, -0.1) is 0 Å². The Morgan fingerprint density at radius 2 is 2.08 bits per heavy atom. The summed E-state index contributed by atoms with van der Waals surface area (Å²) in [6.07, 6.45) is 1.32. The van der Waals surface area contributed by atoms with Gasteiger partial charge in [-0.05, 0) is 26.3 Å². The van der Waals surface area contributed by atoms with E-state index in [1.807, 2.05) is 6.92 Å². The van der Waals surface area contributed by atoms with Crippen LogP contribution in [0.4, 0.5) is 5.69 Å². The Balaban J connectivity index is 2.84. The number of nitro benzene ring substituents is 1. The highest BCUT2D eigenvalue weighted by Gasteiger charge is 2.22. The van der Waals surface area contributed by atoms with E-state index < -0.39 is 16.7 Å². The number of nitro groups is 1. The number of hydrogen-bond acceptors (Lipinski definition) is 6. The predicted octanol–water partition coefficient (Wildman–Crippen LogP) is 2.68. The highest BCUT2D eigenvalue weighted by Crippen LogP contribution is 2.14. The van der Waals surface area contributed by atoms with Crippen LogP contribution in [0.2, 0.25) is 0 Å². The van der Waals surface area contributed by atoms with Gasteiger partial charge in [0.25, 0.3) is 11.6 Å². The molecule has 130 valence electrons. The van der Waals surface area contributed by atoms with Crippen molar-refractivity contribution >= 4 is 23.3 Å². The first-order chi connectivity index (χ1) is 11.4. The van der Waals surface area contributed by atoms with E-state index >= 15 is 0 Å². The van der Waals surface area contributed by atoms with E-state index in [9.17, 15) is 19.7 Å². The molecule has 8 nitrogen and oxygen atoms in total. The molecule has 0 fully saturated rings. The van der Waals surface area contributed by atoms with Crippen LogP contribution in [-0.4, -0.2) is 29.1 Å². The number of ether oxygens (including phenoxy) is 1. The van der Waals surface area contributed by atoms with Gasteiger partial charge in [0, 0.05) is 23.4 Å². The number of nitrogens with zero attached hydrogens (tertiary/aromatic N) is 2. The summed E-state index contributed by atoms with van der Waals surface area (Å²) in [5, 5.41) is 14.7. The first kappa shape index (κ1) is 19.3. The van der Waals surface area contributed by atoms with Gasteiger partial charge in [0.1, 0.15) is 0 Å². The van der Waals surface area contributed by atoms with Crippen LogP contribution >= 0.6 is 0 Å². The van der Waals surface area contributed by atoms with Crippen molar-refractivity contribution in [3.8, 4) is 0 Å². The second-order valence-electron chi connectivity index (χ2n) is 5.09. The minimum Gasteiger partial charge on any atom is -0.465 e. The molecule has 0 heterocycles. The third-order valence-corrected chi connectivity index (χ3v) is 3.31. The van der Waals surface area contributed by atoms with Crippen molar-refractivity contribution in [2.24, 2.45) is 11.0 Å². The van der Waals surface area contributed by atoms with Gasteiger partial charge < -0.3 is 4.74 Å². The molecule has 1 aromatic rings. The van der Waals surface area contributed by atoms with Crippen molar-refractivity contribution in [2.45, 2.75) is 33.6 Å². The lowest BCUT2D eigenvalue weighted by Crippen LogP contribution is -2.28. The second kappa shape index (κ2) is 9.39. The Bertz CT molecular complexity index is 642. The average molecular weight is 335 g/mol. The van der Waals surface area contributed by atoms with Crippen LogP contribution in [-0.2, 0) is 9.53 Å². The Morgan fingerprint density at radius 1 is 1.38 bits per heavy atom. The smallest absolute Gasteiger partial charge is 0.314 e. The summed E-state index contributed by atoms with van der Waals surface area (Å²) in [4.78, 5) is 34.1. The number of amides is 1. The summed E-state index contributed by atoms with van der Waals surface area (Å²) in [5.41, 5.74) is 2.68. The largest absolute Gasteiger partial charge is 0.465 e. The summed E-state index contributed by atoms with van der Waals surface area (Å²) >= 11 is 0. The average Bonchev–Trinajstić information content (AvgIpc) is 2.57. The number of carbonyl (C=O) groups excluding carboxylic acids is 2. The summed E-state index contributed by atoms with van der Waals surface area (Å²) in [6.45, 7) is 5.55. The quantitative estimate of drug-likeness (QED) is 0.340. The molecule has 0 bridgehead atoms. The fraction of sp³-hybridized carbons (Fsp3) is 0.438. The Morgan fingerprint density at radius 3 is 2.67 bits per heavy atom.